The summed E-state index contributed by atoms with van der Waals surface area (Å²) in [5.41, 5.74) is 2.06. The fourth-order valence-electron chi connectivity index (χ4n) is 3.52. The molecule has 1 aromatic heterocycles. The second kappa shape index (κ2) is 6.24. The third-order valence-corrected chi connectivity index (χ3v) is 6.60. The molecule has 0 bridgehead atoms. The van der Waals surface area contributed by atoms with Crippen molar-refractivity contribution in [2.75, 3.05) is 25.4 Å². The van der Waals surface area contributed by atoms with Crippen LogP contribution in [0.1, 0.15) is 30.7 Å². The van der Waals surface area contributed by atoms with Crippen LogP contribution in [-0.2, 0) is 21.4 Å². The summed E-state index contributed by atoms with van der Waals surface area (Å²) in [5.74, 6) is 0.0784. The molecule has 0 radical (unpaired) electrons. The highest BCUT2D eigenvalue weighted by Crippen LogP contribution is 2.21. The van der Waals surface area contributed by atoms with Gasteiger partial charge in [0.15, 0.2) is 0 Å². The number of hydrogen-bond acceptors (Lipinski definition) is 4. The van der Waals surface area contributed by atoms with Crippen LogP contribution in [0.15, 0.2) is 6.07 Å². The van der Waals surface area contributed by atoms with Crippen molar-refractivity contribution in [3.05, 3.63) is 17.5 Å². The van der Waals surface area contributed by atoms with Gasteiger partial charge in [-0.3, -0.25) is 9.48 Å². The monoisotopic (exact) mass is 340 g/mol. The fourth-order valence-corrected chi connectivity index (χ4v) is 4.99. The maximum absolute atomic E-state index is 12.6. The number of nitrogens with zero attached hydrogens (tertiary/aromatic N) is 4. The normalized spacial score (nSPS) is 24.4. The molecule has 1 unspecified atom stereocenters. The lowest BCUT2D eigenvalue weighted by Gasteiger charge is -2.27. The molecule has 1 atom stereocenters. The lowest BCUT2D eigenvalue weighted by atomic mass is 10.2. The lowest BCUT2D eigenvalue weighted by Crippen LogP contribution is -2.44. The smallest absolute Gasteiger partial charge is 0.238 e. The summed E-state index contributed by atoms with van der Waals surface area (Å²) in [6, 6.07) is 2.13. The average molecular weight is 340 g/mol. The van der Waals surface area contributed by atoms with Gasteiger partial charge in [-0.1, -0.05) is 0 Å². The Balaban J connectivity index is 1.66. The predicted octanol–water partition coefficient (Wildman–Crippen LogP) is 0.526. The van der Waals surface area contributed by atoms with Crippen LogP contribution in [-0.4, -0.2) is 64.7 Å². The minimum Gasteiger partial charge on any atom is -0.337 e. The van der Waals surface area contributed by atoms with Crippen LogP contribution in [0.3, 0.4) is 0 Å². The van der Waals surface area contributed by atoms with Gasteiger partial charge in [0, 0.05) is 18.8 Å². The second-order valence-corrected chi connectivity index (χ2v) is 8.58. The number of aryl methyl sites for hydroxylation is 2. The summed E-state index contributed by atoms with van der Waals surface area (Å²) < 4.78 is 27.0. The molecule has 8 heteroatoms. The van der Waals surface area contributed by atoms with E-state index in [1.807, 2.05) is 29.5 Å². The van der Waals surface area contributed by atoms with Gasteiger partial charge in [0.2, 0.25) is 15.9 Å². The van der Waals surface area contributed by atoms with Gasteiger partial charge in [0.05, 0.1) is 30.6 Å². The van der Waals surface area contributed by atoms with Gasteiger partial charge in [0.25, 0.3) is 0 Å². The largest absolute Gasteiger partial charge is 0.337 e. The molecule has 7 nitrogen and oxygen atoms in total. The van der Waals surface area contributed by atoms with Crippen molar-refractivity contribution in [2.24, 2.45) is 0 Å². The highest BCUT2D eigenvalue weighted by atomic mass is 32.2. The van der Waals surface area contributed by atoms with E-state index < -0.39 is 10.0 Å². The highest BCUT2D eigenvalue weighted by Gasteiger charge is 2.35. The van der Waals surface area contributed by atoms with Gasteiger partial charge >= 0.3 is 0 Å². The van der Waals surface area contributed by atoms with E-state index in [1.54, 1.807) is 0 Å². The molecule has 1 amide bonds. The van der Waals surface area contributed by atoms with Crippen molar-refractivity contribution in [3.8, 4) is 0 Å². The first kappa shape index (κ1) is 16.4. The SMILES string of the molecule is Cc1cc(C)n(CC2CCCN2C(=O)CN2CCCS2(=O)=O)n1. The Kier molecular flexibility index (Phi) is 4.46. The molecule has 2 aliphatic rings. The molecular weight excluding hydrogens is 316 g/mol. The van der Waals surface area contributed by atoms with Crippen molar-refractivity contribution >= 4 is 15.9 Å². The number of likely N-dealkylation sites (tertiary alicyclic amines) is 1. The van der Waals surface area contributed by atoms with E-state index in [0.29, 0.717) is 26.1 Å². The summed E-state index contributed by atoms with van der Waals surface area (Å²) in [6.45, 7) is 5.80. The van der Waals surface area contributed by atoms with Crippen LogP contribution in [0.4, 0.5) is 0 Å². The number of carbonyl (C=O) groups is 1. The Bertz CT molecular complexity index is 698. The Morgan fingerprint density at radius 2 is 2.09 bits per heavy atom. The van der Waals surface area contributed by atoms with Gasteiger partial charge in [-0.2, -0.15) is 9.40 Å². The van der Waals surface area contributed by atoms with Gasteiger partial charge in [-0.05, 0) is 39.2 Å². The number of aromatic nitrogens is 2. The van der Waals surface area contributed by atoms with Crippen molar-refractivity contribution < 1.29 is 13.2 Å². The van der Waals surface area contributed by atoms with Crippen LogP contribution in [0.2, 0.25) is 0 Å². The Morgan fingerprint density at radius 3 is 2.70 bits per heavy atom. The van der Waals surface area contributed by atoms with Gasteiger partial charge in [-0.25, -0.2) is 8.42 Å². The first-order valence-corrected chi connectivity index (χ1v) is 9.76. The zero-order valence-corrected chi connectivity index (χ0v) is 14.5. The van der Waals surface area contributed by atoms with E-state index in [1.165, 1.54) is 4.31 Å². The number of hydrogen-bond donors (Lipinski definition) is 0. The molecule has 0 aliphatic carbocycles. The van der Waals surface area contributed by atoms with Crippen molar-refractivity contribution in [1.82, 2.24) is 19.0 Å². The number of rotatable bonds is 4. The van der Waals surface area contributed by atoms with Crippen LogP contribution < -0.4 is 0 Å². The Morgan fingerprint density at radius 1 is 1.30 bits per heavy atom. The van der Waals surface area contributed by atoms with Gasteiger partial charge in [0.1, 0.15) is 0 Å². The van der Waals surface area contributed by atoms with Crippen molar-refractivity contribution in [2.45, 2.75) is 45.7 Å². The number of amides is 1. The summed E-state index contributed by atoms with van der Waals surface area (Å²) in [5, 5.41) is 4.47. The summed E-state index contributed by atoms with van der Waals surface area (Å²) in [4.78, 5) is 14.4. The highest BCUT2D eigenvalue weighted by molar-refractivity contribution is 7.89. The van der Waals surface area contributed by atoms with Crippen molar-refractivity contribution in [1.29, 1.82) is 0 Å². The van der Waals surface area contributed by atoms with Gasteiger partial charge in [-0.15, -0.1) is 0 Å². The minimum absolute atomic E-state index is 0.0179. The molecular formula is C15H24N4O3S. The molecule has 0 spiro atoms. The van der Waals surface area contributed by atoms with Crippen LogP contribution >= 0.6 is 0 Å². The first-order valence-electron chi connectivity index (χ1n) is 8.15. The number of carbonyl (C=O) groups excluding carboxylic acids is 1. The van der Waals surface area contributed by atoms with Crippen LogP contribution in [0.25, 0.3) is 0 Å². The van der Waals surface area contributed by atoms with Gasteiger partial charge < -0.3 is 4.90 Å². The topological polar surface area (TPSA) is 75.5 Å². The fraction of sp³-hybridized carbons (Fsp3) is 0.733. The van der Waals surface area contributed by atoms with E-state index >= 15 is 0 Å². The third-order valence-electron chi connectivity index (χ3n) is 4.70. The zero-order valence-electron chi connectivity index (χ0n) is 13.7. The van der Waals surface area contributed by atoms with E-state index in [2.05, 4.69) is 5.10 Å². The minimum atomic E-state index is -3.22. The molecule has 2 aliphatic heterocycles. The predicted molar refractivity (Wildman–Crippen MR) is 86.4 cm³/mol. The maximum atomic E-state index is 12.6. The molecule has 1 aromatic rings. The maximum Gasteiger partial charge on any atom is 0.238 e. The molecule has 23 heavy (non-hydrogen) atoms. The third kappa shape index (κ3) is 3.42. The van der Waals surface area contributed by atoms with E-state index in [0.717, 1.165) is 24.2 Å². The Hall–Kier alpha value is -1.41. The molecule has 2 fully saturated rings. The van der Waals surface area contributed by atoms with E-state index in [9.17, 15) is 13.2 Å². The zero-order chi connectivity index (χ0) is 16.6. The second-order valence-electron chi connectivity index (χ2n) is 6.50. The van der Waals surface area contributed by atoms with Crippen molar-refractivity contribution in [3.63, 3.8) is 0 Å². The standard InChI is InChI=1S/C15H24N4O3S/c1-12-9-13(2)19(16-12)10-14-5-3-7-18(14)15(20)11-17-6-4-8-23(17,21)22/h9,14H,3-8,10-11H2,1-2H3. The molecule has 0 saturated carbocycles. The summed E-state index contributed by atoms with van der Waals surface area (Å²) in [6.07, 6.45) is 2.52. The van der Waals surface area contributed by atoms with Crippen LogP contribution in [0, 0.1) is 13.8 Å². The Labute approximate surface area is 137 Å². The molecule has 128 valence electrons. The van der Waals surface area contributed by atoms with Crippen LogP contribution in [0.5, 0.6) is 0 Å². The quantitative estimate of drug-likeness (QED) is 0.801. The van der Waals surface area contributed by atoms with E-state index in [4.69, 9.17) is 0 Å². The summed E-state index contributed by atoms with van der Waals surface area (Å²) >= 11 is 0. The first-order chi connectivity index (χ1) is 10.9. The molecule has 3 heterocycles. The lowest BCUT2D eigenvalue weighted by molar-refractivity contribution is -0.132. The number of sulfonamides is 1. The molecule has 0 N–H and O–H groups in total. The molecule has 3 rings (SSSR count). The molecule has 2 saturated heterocycles. The summed E-state index contributed by atoms with van der Waals surface area (Å²) in [7, 11) is -3.22. The molecule has 0 aromatic carbocycles. The van der Waals surface area contributed by atoms with E-state index in [-0.39, 0.29) is 24.2 Å². The average Bonchev–Trinajstić information content (AvgIpc) is 3.12.